The summed E-state index contributed by atoms with van der Waals surface area (Å²) in [6, 6.07) is 11.8. The van der Waals surface area contributed by atoms with Gasteiger partial charge in [0, 0.05) is 38.3 Å². The summed E-state index contributed by atoms with van der Waals surface area (Å²) < 4.78 is 5.13. The van der Waals surface area contributed by atoms with E-state index in [2.05, 4.69) is 5.32 Å². The maximum Gasteiger partial charge on any atom is 0.253 e. The highest BCUT2D eigenvalue weighted by atomic mass is 35.5. The van der Waals surface area contributed by atoms with Gasteiger partial charge in [0.05, 0.1) is 23.7 Å². The largest absolute Gasteiger partial charge is 0.497 e. The van der Waals surface area contributed by atoms with E-state index in [1.165, 1.54) is 4.90 Å². The van der Waals surface area contributed by atoms with E-state index < -0.39 is 5.92 Å². The number of amides is 3. The molecule has 3 amide bonds. The van der Waals surface area contributed by atoms with E-state index in [-0.39, 0.29) is 30.7 Å². The van der Waals surface area contributed by atoms with Gasteiger partial charge in [-0.2, -0.15) is 0 Å². The highest BCUT2D eigenvalue weighted by Gasteiger charge is 2.35. The zero-order valence-electron chi connectivity index (χ0n) is 16.4. The van der Waals surface area contributed by atoms with Crippen molar-refractivity contribution < 1.29 is 19.1 Å². The molecule has 2 aromatic carbocycles. The Morgan fingerprint density at radius 1 is 1.17 bits per heavy atom. The average Bonchev–Trinajstić information content (AvgIpc) is 3.11. The smallest absolute Gasteiger partial charge is 0.253 e. The molecule has 2 aromatic rings. The summed E-state index contributed by atoms with van der Waals surface area (Å²) in [5, 5.41) is 3.08. The topological polar surface area (TPSA) is 79.0 Å². The lowest BCUT2D eigenvalue weighted by atomic mass is 10.1. The molecule has 7 nitrogen and oxygen atoms in total. The highest BCUT2D eigenvalue weighted by molar-refractivity contribution is 6.34. The second kappa shape index (κ2) is 8.53. The van der Waals surface area contributed by atoms with Gasteiger partial charge in [-0.3, -0.25) is 14.4 Å². The van der Waals surface area contributed by atoms with Crippen molar-refractivity contribution in [1.82, 2.24) is 4.90 Å². The minimum Gasteiger partial charge on any atom is -0.497 e. The molecule has 0 radical (unpaired) electrons. The lowest BCUT2D eigenvalue weighted by molar-refractivity contribution is -0.122. The van der Waals surface area contributed by atoms with Crippen molar-refractivity contribution in [3.8, 4) is 5.75 Å². The fourth-order valence-electron chi connectivity index (χ4n) is 3.14. The maximum absolute atomic E-state index is 12.7. The third kappa shape index (κ3) is 4.51. The van der Waals surface area contributed by atoms with E-state index in [0.717, 1.165) is 0 Å². The number of hydrogen-bond acceptors (Lipinski definition) is 4. The Morgan fingerprint density at radius 3 is 2.48 bits per heavy atom. The Hall–Kier alpha value is -3.06. The lowest BCUT2D eigenvalue weighted by Crippen LogP contribution is -2.28. The van der Waals surface area contributed by atoms with Crippen LogP contribution >= 0.6 is 11.6 Å². The van der Waals surface area contributed by atoms with Crippen molar-refractivity contribution in [3.05, 3.63) is 53.1 Å². The monoisotopic (exact) mass is 415 g/mol. The van der Waals surface area contributed by atoms with Crippen LogP contribution in [-0.4, -0.2) is 50.4 Å². The summed E-state index contributed by atoms with van der Waals surface area (Å²) in [7, 11) is 4.86. The molecular formula is C21H22ClN3O4. The second-order valence-corrected chi connectivity index (χ2v) is 7.39. The number of carbonyl (C=O) groups is 3. The predicted octanol–water partition coefficient (Wildman–Crippen LogP) is 3.04. The fraction of sp³-hybridized carbons (Fsp3) is 0.286. The molecule has 1 aliphatic heterocycles. The molecule has 152 valence electrons. The van der Waals surface area contributed by atoms with Crippen molar-refractivity contribution in [3.63, 3.8) is 0 Å². The summed E-state index contributed by atoms with van der Waals surface area (Å²) in [6.45, 7) is 0.269. The SMILES string of the molecule is COc1ccc(N2CC(C(=O)Nc3cc(C(=O)N(C)C)ccc3Cl)CC2=O)cc1. The number of rotatable bonds is 5. The minimum absolute atomic E-state index is 0.103. The maximum atomic E-state index is 12.7. The average molecular weight is 416 g/mol. The third-order valence-corrected chi connectivity index (χ3v) is 5.09. The summed E-state index contributed by atoms with van der Waals surface area (Å²) in [4.78, 5) is 40.3. The first kappa shape index (κ1) is 20.7. The number of nitrogens with one attached hydrogen (secondary N) is 1. The van der Waals surface area contributed by atoms with Crippen LogP contribution in [0.1, 0.15) is 16.8 Å². The number of carbonyl (C=O) groups excluding carboxylic acids is 3. The summed E-state index contributed by atoms with van der Waals surface area (Å²) in [6.07, 6.45) is 0.103. The van der Waals surface area contributed by atoms with E-state index in [1.54, 1.807) is 68.6 Å². The zero-order valence-corrected chi connectivity index (χ0v) is 17.2. The molecule has 3 rings (SSSR count). The van der Waals surface area contributed by atoms with E-state index >= 15 is 0 Å². The summed E-state index contributed by atoms with van der Waals surface area (Å²) in [5.41, 5.74) is 1.47. The highest BCUT2D eigenvalue weighted by Crippen LogP contribution is 2.29. The van der Waals surface area contributed by atoms with Crippen LogP contribution in [0.15, 0.2) is 42.5 Å². The minimum atomic E-state index is -0.520. The molecule has 1 unspecified atom stereocenters. The first-order valence-electron chi connectivity index (χ1n) is 9.06. The van der Waals surface area contributed by atoms with Gasteiger partial charge in [-0.1, -0.05) is 11.6 Å². The van der Waals surface area contributed by atoms with Crippen molar-refractivity contribution in [2.24, 2.45) is 5.92 Å². The molecule has 0 bridgehead atoms. The Morgan fingerprint density at radius 2 is 1.86 bits per heavy atom. The van der Waals surface area contributed by atoms with Crippen LogP contribution in [0.4, 0.5) is 11.4 Å². The molecule has 29 heavy (non-hydrogen) atoms. The zero-order chi connectivity index (χ0) is 21.1. The fourth-order valence-corrected chi connectivity index (χ4v) is 3.31. The number of hydrogen-bond donors (Lipinski definition) is 1. The van der Waals surface area contributed by atoms with Crippen LogP contribution in [0.5, 0.6) is 5.75 Å². The van der Waals surface area contributed by atoms with E-state index in [0.29, 0.717) is 27.7 Å². The van der Waals surface area contributed by atoms with Gasteiger partial charge < -0.3 is 19.9 Å². The van der Waals surface area contributed by atoms with Crippen molar-refractivity contribution in [2.75, 3.05) is 38.0 Å². The molecular weight excluding hydrogens is 394 g/mol. The molecule has 0 saturated carbocycles. The number of methoxy groups -OCH3 is 1. The summed E-state index contributed by atoms with van der Waals surface area (Å²) >= 11 is 6.18. The molecule has 1 fully saturated rings. The Labute approximate surface area is 174 Å². The van der Waals surface area contributed by atoms with Gasteiger partial charge in [0.25, 0.3) is 5.91 Å². The summed E-state index contributed by atoms with van der Waals surface area (Å²) in [5.74, 6) is -0.465. The molecule has 1 saturated heterocycles. The number of nitrogens with zero attached hydrogens (tertiary/aromatic N) is 2. The van der Waals surface area contributed by atoms with Gasteiger partial charge in [0.15, 0.2) is 0 Å². The van der Waals surface area contributed by atoms with Gasteiger partial charge in [-0.05, 0) is 42.5 Å². The molecule has 1 N–H and O–H groups in total. The molecule has 1 aliphatic rings. The number of anilines is 2. The molecule has 0 spiro atoms. The van der Waals surface area contributed by atoms with Gasteiger partial charge in [0.1, 0.15) is 5.75 Å². The molecule has 0 aromatic heterocycles. The molecule has 0 aliphatic carbocycles. The quantitative estimate of drug-likeness (QED) is 0.814. The van der Waals surface area contributed by atoms with Crippen molar-refractivity contribution in [2.45, 2.75) is 6.42 Å². The second-order valence-electron chi connectivity index (χ2n) is 6.99. The van der Waals surface area contributed by atoms with Gasteiger partial charge in [0.2, 0.25) is 11.8 Å². The van der Waals surface area contributed by atoms with Crippen LogP contribution in [-0.2, 0) is 9.59 Å². The van der Waals surface area contributed by atoms with E-state index in [1.807, 2.05) is 0 Å². The molecule has 1 atom stereocenters. The van der Waals surface area contributed by atoms with Crippen molar-refractivity contribution >= 4 is 40.7 Å². The van der Waals surface area contributed by atoms with Crippen LogP contribution in [0.25, 0.3) is 0 Å². The number of halogens is 1. The predicted molar refractivity (Wildman–Crippen MR) is 112 cm³/mol. The molecule has 8 heteroatoms. The Bertz CT molecular complexity index is 943. The third-order valence-electron chi connectivity index (χ3n) is 4.76. The first-order valence-corrected chi connectivity index (χ1v) is 9.44. The van der Waals surface area contributed by atoms with Crippen LogP contribution in [0.2, 0.25) is 5.02 Å². The van der Waals surface area contributed by atoms with Crippen molar-refractivity contribution in [1.29, 1.82) is 0 Å². The van der Waals surface area contributed by atoms with Crippen LogP contribution in [0, 0.1) is 5.92 Å². The number of ether oxygens (including phenoxy) is 1. The first-order chi connectivity index (χ1) is 13.8. The van der Waals surface area contributed by atoms with Crippen LogP contribution < -0.4 is 15.0 Å². The van der Waals surface area contributed by atoms with Crippen LogP contribution in [0.3, 0.4) is 0 Å². The Kier molecular flexibility index (Phi) is 6.08. The van der Waals surface area contributed by atoms with Gasteiger partial charge in [-0.25, -0.2) is 0 Å². The standard InChI is InChI=1S/C21H22ClN3O4/c1-24(2)21(28)13-4-9-17(22)18(10-13)23-20(27)14-11-19(26)25(12-14)15-5-7-16(29-3)8-6-15/h4-10,14H,11-12H2,1-3H3,(H,23,27). The Balaban J connectivity index is 1.72. The molecule has 1 heterocycles. The van der Waals surface area contributed by atoms with E-state index in [4.69, 9.17) is 16.3 Å². The number of benzene rings is 2. The normalized spacial score (nSPS) is 15.9. The van der Waals surface area contributed by atoms with Gasteiger partial charge >= 0.3 is 0 Å². The lowest BCUT2D eigenvalue weighted by Gasteiger charge is -2.17. The van der Waals surface area contributed by atoms with E-state index in [9.17, 15) is 14.4 Å². The van der Waals surface area contributed by atoms with Gasteiger partial charge in [-0.15, -0.1) is 0 Å².